The lowest BCUT2D eigenvalue weighted by Gasteiger charge is -2.17. The van der Waals surface area contributed by atoms with Gasteiger partial charge in [-0.15, -0.1) is 0 Å². The van der Waals surface area contributed by atoms with Gasteiger partial charge in [-0.25, -0.2) is 9.52 Å². The molecule has 0 saturated carbocycles. The molecule has 4 rings (SSSR count). The predicted molar refractivity (Wildman–Crippen MR) is 127 cm³/mol. The summed E-state index contributed by atoms with van der Waals surface area (Å²) >= 11 is 0. The highest BCUT2D eigenvalue weighted by atomic mass is 32.2. The number of rotatable bonds is 6. The third-order valence-electron chi connectivity index (χ3n) is 5.88. The molecule has 0 saturated heterocycles. The van der Waals surface area contributed by atoms with E-state index in [-0.39, 0.29) is 11.3 Å². The van der Waals surface area contributed by atoms with E-state index in [1.165, 1.54) is 26.8 Å². The lowest BCUT2D eigenvalue weighted by atomic mass is 9.95. The zero-order valence-corrected chi connectivity index (χ0v) is 20.0. The quantitative estimate of drug-likeness (QED) is 0.448. The maximum Gasteiger partial charge on any atom is 0.333 e. The van der Waals surface area contributed by atoms with Gasteiger partial charge in [0.15, 0.2) is 5.78 Å². The summed E-state index contributed by atoms with van der Waals surface area (Å²) in [5.74, 6) is -0.0785. The van der Waals surface area contributed by atoms with E-state index in [9.17, 15) is 23.1 Å². The highest BCUT2D eigenvalue weighted by molar-refractivity contribution is 7.89. The lowest BCUT2D eigenvalue weighted by Crippen LogP contribution is -2.34. The van der Waals surface area contributed by atoms with E-state index >= 15 is 0 Å². The second-order valence-electron chi connectivity index (χ2n) is 8.89. The first-order valence-corrected chi connectivity index (χ1v) is 12.4. The molecule has 0 spiro atoms. The number of nitrogens with one attached hydrogen (secondary N) is 2. The molecule has 0 atom stereocenters. The van der Waals surface area contributed by atoms with Crippen molar-refractivity contribution in [3.8, 4) is 11.1 Å². The van der Waals surface area contributed by atoms with Gasteiger partial charge in [-0.3, -0.25) is 4.79 Å². The molecule has 2 aromatic carbocycles. The Kier molecular flexibility index (Phi) is 6.09. The zero-order valence-electron chi connectivity index (χ0n) is 19.1. The summed E-state index contributed by atoms with van der Waals surface area (Å²) in [7, 11) is -4.31. The van der Waals surface area contributed by atoms with E-state index in [0.29, 0.717) is 16.8 Å². The average molecular weight is 483 g/mol. The monoisotopic (exact) mass is 482 g/mol. The number of furan rings is 1. The highest BCUT2D eigenvalue weighted by Gasteiger charge is 2.27. The van der Waals surface area contributed by atoms with E-state index in [1.807, 2.05) is 22.9 Å². The van der Waals surface area contributed by atoms with E-state index in [0.717, 1.165) is 42.2 Å². The van der Waals surface area contributed by atoms with Crippen molar-refractivity contribution in [3.63, 3.8) is 0 Å². The number of fused-ring (bicyclic) bond motifs is 1. The fourth-order valence-electron chi connectivity index (χ4n) is 4.05. The first-order chi connectivity index (χ1) is 16.0. The fourth-order valence-corrected chi connectivity index (χ4v) is 4.90. The van der Waals surface area contributed by atoms with Crippen molar-refractivity contribution in [3.05, 3.63) is 71.0 Å². The number of urea groups is 1. The lowest BCUT2D eigenvalue weighted by molar-refractivity contribution is 0.0779. The van der Waals surface area contributed by atoms with Crippen molar-refractivity contribution in [1.29, 1.82) is 0 Å². The van der Waals surface area contributed by atoms with E-state index in [2.05, 4.69) is 5.32 Å². The Balaban J connectivity index is 1.65. The van der Waals surface area contributed by atoms with Crippen LogP contribution in [-0.4, -0.2) is 25.3 Å². The Morgan fingerprint density at radius 2 is 1.85 bits per heavy atom. The van der Waals surface area contributed by atoms with Crippen molar-refractivity contribution < 1.29 is 27.5 Å². The summed E-state index contributed by atoms with van der Waals surface area (Å²) in [6.07, 6.45) is 3.67. The molecular weight excluding hydrogens is 456 g/mol. The highest BCUT2D eigenvalue weighted by Crippen LogP contribution is 2.38. The average Bonchev–Trinajstić information content (AvgIpc) is 3.44. The molecule has 0 fully saturated rings. The molecular formula is C25H26N2O6S. The summed E-state index contributed by atoms with van der Waals surface area (Å²) in [6.45, 7) is 4.47. The largest absolute Gasteiger partial charge is 0.451 e. The molecule has 2 amide bonds. The number of sulfonamides is 1. The van der Waals surface area contributed by atoms with Crippen molar-refractivity contribution in [1.82, 2.24) is 4.72 Å². The van der Waals surface area contributed by atoms with Crippen LogP contribution < -0.4 is 10.0 Å². The summed E-state index contributed by atoms with van der Waals surface area (Å²) in [4.78, 5) is 24.7. The molecule has 34 heavy (non-hydrogen) atoms. The van der Waals surface area contributed by atoms with Gasteiger partial charge in [0.25, 0.3) is 10.0 Å². The van der Waals surface area contributed by atoms with Crippen LogP contribution in [0, 0.1) is 0 Å². The first-order valence-electron chi connectivity index (χ1n) is 10.9. The Hall–Kier alpha value is -3.43. The molecule has 8 nitrogen and oxygen atoms in total. The van der Waals surface area contributed by atoms with Crippen molar-refractivity contribution in [2.45, 2.75) is 50.7 Å². The van der Waals surface area contributed by atoms with Crippen LogP contribution in [-0.2, 0) is 28.5 Å². The maximum atomic E-state index is 12.8. The second-order valence-corrected chi connectivity index (χ2v) is 10.5. The molecule has 178 valence electrons. The molecule has 1 aromatic heterocycles. The third-order valence-corrected chi connectivity index (χ3v) is 7.07. The number of ketones is 1. The topological polar surface area (TPSA) is 126 Å². The molecule has 0 unspecified atom stereocenters. The number of aliphatic hydroxyl groups is 1. The van der Waals surface area contributed by atoms with Crippen molar-refractivity contribution in [2.75, 3.05) is 5.32 Å². The number of hydrogen-bond donors (Lipinski definition) is 3. The number of anilines is 1. The van der Waals surface area contributed by atoms with Gasteiger partial charge >= 0.3 is 6.03 Å². The number of aryl methyl sites for hydroxylation is 1. The molecule has 3 N–H and O–H groups in total. The first kappa shape index (κ1) is 23.7. The van der Waals surface area contributed by atoms with E-state index in [1.54, 1.807) is 18.2 Å². The van der Waals surface area contributed by atoms with Crippen LogP contribution >= 0.6 is 0 Å². The standard InChI is InChI=1S/C25H26N2O6S/c1-15(28)17-7-4-8-18(12-17)21-11-10-16-6-5-9-20(16)23(21)26-24(29)27-34(31,32)22-13-19(14-33-22)25(2,3)30/h4,7-8,10-14,30H,5-6,9H2,1-3H3,(H2,26,27,29). The normalized spacial score (nSPS) is 13.4. The van der Waals surface area contributed by atoms with Gasteiger partial charge in [0.2, 0.25) is 5.09 Å². The summed E-state index contributed by atoms with van der Waals surface area (Å²) in [5, 5.41) is 12.3. The minimum Gasteiger partial charge on any atom is -0.451 e. The van der Waals surface area contributed by atoms with Gasteiger partial charge in [-0.1, -0.05) is 30.3 Å². The minimum absolute atomic E-state index is 0.0785. The minimum atomic E-state index is -4.31. The Labute approximate surface area is 198 Å². The van der Waals surface area contributed by atoms with Gasteiger partial charge in [0.1, 0.15) is 0 Å². The van der Waals surface area contributed by atoms with Gasteiger partial charge < -0.3 is 14.8 Å². The molecule has 0 radical (unpaired) electrons. The Morgan fingerprint density at radius 1 is 1.09 bits per heavy atom. The number of benzene rings is 2. The van der Waals surface area contributed by atoms with E-state index in [4.69, 9.17) is 4.42 Å². The molecule has 1 heterocycles. The predicted octanol–water partition coefficient (Wildman–Crippen LogP) is 4.38. The fraction of sp³-hybridized carbons (Fsp3) is 0.280. The van der Waals surface area contributed by atoms with Crippen LogP contribution in [0.2, 0.25) is 0 Å². The number of carbonyl (C=O) groups is 2. The Morgan fingerprint density at radius 3 is 2.53 bits per heavy atom. The van der Waals surface area contributed by atoms with Crippen molar-refractivity contribution >= 4 is 27.5 Å². The van der Waals surface area contributed by atoms with Gasteiger partial charge in [-0.05, 0) is 62.8 Å². The summed E-state index contributed by atoms with van der Waals surface area (Å²) in [6, 6.07) is 11.2. The summed E-state index contributed by atoms with van der Waals surface area (Å²) in [5.41, 5.74) is 3.48. The molecule has 9 heteroatoms. The van der Waals surface area contributed by atoms with Crippen LogP contribution in [0.15, 0.2) is 58.2 Å². The van der Waals surface area contributed by atoms with Gasteiger partial charge in [0, 0.05) is 22.8 Å². The zero-order chi connectivity index (χ0) is 24.7. The molecule has 0 aliphatic heterocycles. The number of amides is 2. The number of carbonyl (C=O) groups excluding carboxylic acids is 2. The van der Waals surface area contributed by atoms with Crippen LogP contribution in [0.4, 0.5) is 10.5 Å². The molecule has 1 aliphatic carbocycles. The van der Waals surface area contributed by atoms with E-state index < -0.39 is 26.7 Å². The van der Waals surface area contributed by atoms with Gasteiger partial charge in [0.05, 0.1) is 17.6 Å². The molecule has 1 aliphatic rings. The van der Waals surface area contributed by atoms with Crippen molar-refractivity contribution in [2.24, 2.45) is 0 Å². The van der Waals surface area contributed by atoms with Crippen LogP contribution in [0.1, 0.15) is 54.2 Å². The number of hydrogen-bond acceptors (Lipinski definition) is 6. The third kappa shape index (κ3) is 4.76. The maximum absolute atomic E-state index is 12.8. The van der Waals surface area contributed by atoms with Gasteiger partial charge in [-0.2, -0.15) is 8.42 Å². The van der Waals surface area contributed by atoms with Crippen LogP contribution in [0.5, 0.6) is 0 Å². The Bertz CT molecular complexity index is 1380. The second kappa shape index (κ2) is 8.73. The molecule has 3 aromatic rings. The summed E-state index contributed by atoms with van der Waals surface area (Å²) < 4.78 is 32.5. The van der Waals surface area contributed by atoms with Crippen LogP contribution in [0.25, 0.3) is 11.1 Å². The smallest absolute Gasteiger partial charge is 0.333 e. The molecule has 0 bridgehead atoms. The van der Waals surface area contributed by atoms with Crippen LogP contribution in [0.3, 0.4) is 0 Å². The SMILES string of the molecule is CC(=O)c1cccc(-c2ccc3c(c2NC(=O)NS(=O)(=O)c2cc(C(C)(C)O)co2)CCC3)c1. The number of Topliss-reactive ketones (excluding diaryl/α,β-unsaturated/α-hetero) is 1.